The lowest BCUT2D eigenvalue weighted by atomic mass is 10.4. The molecule has 0 saturated carbocycles. The molecular formula is C8H20N2. The largest absolute Gasteiger partial charge is 0.314 e. The van der Waals surface area contributed by atoms with Gasteiger partial charge in [-0.1, -0.05) is 26.7 Å². The number of rotatable bonds is 1. The average molecular weight is 144 g/mol. The number of hydrogen-bond donors (Lipinski definition) is 2. The maximum atomic E-state index is 3.22. The Morgan fingerprint density at radius 2 is 1.10 bits per heavy atom. The van der Waals surface area contributed by atoms with E-state index in [9.17, 15) is 0 Å². The van der Waals surface area contributed by atoms with Crippen LogP contribution in [0, 0.1) is 0 Å². The second-order valence-electron chi connectivity index (χ2n) is 2.50. The van der Waals surface area contributed by atoms with Gasteiger partial charge >= 0.3 is 0 Å². The predicted molar refractivity (Wildman–Crippen MR) is 46.3 cm³/mol. The van der Waals surface area contributed by atoms with E-state index in [1.54, 1.807) is 0 Å². The van der Waals surface area contributed by atoms with Crippen molar-refractivity contribution >= 4 is 0 Å². The van der Waals surface area contributed by atoms with Gasteiger partial charge in [0.25, 0.3) is 0 Å². The molecule has 62 valence electrons. The first-order valence-corrected chi connectivity index (χ1v) is 4.33. The van der Waals surface area contributed by atoms with Gasteiger partial charge in [-0.2, -0.15) is 0 Å². The van der Waals surface area contributed by atoms with Crippen LogP contribution in [-0.4, -0.2) is 26.2 Å². The van der Waals surface area contributed by atoms with E-state index in [0.29, 0.717) is 0 Å². The van der Waals surface area contributed by atoms with Crippen LogP contribution in [0.1, 0.15) is 26.7 Å². The third-order valence-electron chi connectivity index (χ3n) is 1.46. The van der Waals surface area contributed by atoms with Gasteiger partial charge in [0.05, 0.1) is 0 Å². The summed E-state index contributed by atoms with van der Waals surface area (Å²) < 4.78 is 0. The molecule has 2 nitrogen and oxygen atoms in total. The number of nitrogens with one attached hydrogen (secondary N) is 2. The average Bonchev–Trinajstić information content (AvgIpc) is 2.08. The van der Waals surface area contributed by atoms with Crippen LogP contribution in [0.25, 0.3) is 0 Å². The predicted octanol–water partition coefficient (Wildman–Crippen LogP) is 0.986. The van der Waals surface area contributed by atoms with Crippen LogP contribution in [0.2, 0.25) is 0 Å². The summed E-state index contributed by atoms with van der Waals surface area (Å²) in [4.78, 5) is 0. The lowest BCUT2D eigenvalue weighted by Gasteiger charge is -2.11. The minimum Gasteiger partial charge on any atom is -0.314 e. The van der Waals surface area contributed by atoms with Crippen LogP contribution in [0.4, 0.5) is 0 Å². The molecule has 0 aromatic rings. The summed E-state index contributed by atoms with van der Waals surface area (Å²) in [6, 6.07) is 0. The first-order valence-electron chi connectivity index (χ1n) is 4.33. The van der Waals surface area contributed by atoms with E-state index in [4.69, 9.17) is 0 Å². The zero-order valence-electron chi connectivity index (χ0n) is 7.24. The molecule has 10 heavy (non-hydrogen) atoms. The van der Waals surface area contributed by atoms with E-state index in [-0.39, 0.29) is 0 Å². The zero-order valence-corrected chi connectivity index (χ0v) is 7.24. The Morgan fingerprint density at radius 1 is 0.800 bits per heavy atom. The summed E-state index contributed by atoms with van der Waals surface area (Å²) >= 11 is 0. The highest BCUT2D eigenvalue weighted by atomic mass is 15.0. The van der Waals surface area contributed by atoms with Gasteiger partial charge in [0.15, 0.2) is 0 Å². The second kappa shape index (κ2) is 8.92. The Bertz CT molecular complexity index is 37.7. The van der Waals surface area contributed by atoms with Crippen LogP contribution in [-0.2, 0) is 0 Å². The third kappa shape index (κ3) is 7.92. The highest BCUT2D eigenvalue weighted by Gasteiger charge is 1.91. The molecule has 0 aromatic heterocycles. The van der Waals surface area contributed by atoms with Gasteiger partial charge < -0.3 is 10.6 Å². The van der Waals surface area contributed by atoms with E-state index in [1.165, 1.54) is 12.8 Å². The first-order chi connectivity index (χ1) is 4.91. The van der Waals surface area contributed by atoms with Crippen LogP contribution >= 0.6 is 0 Å². The summed E-state index contributed by atoms with van der Waals surface area (Å²) in [6.07, 6.45) is 2.64. The highest BCUT2D eigenvalue weighted by Crippen LogP contribution is 1.76. The molecule has 0 bridgehead atoms. The topological polar surface area (TPSA) is 24.1 Å². The van der Waals surface area contributed by atoms with E-state index in [2.05, 4.69) is 24.5 Å². The fourth-order valence-corrected chi connectivity index (χ4v) is 0.604. The smallest absolute Gasteiger partial charge is 0.00772 e. The van der Waals surface area contributed by atoms with Crippen molar-refractivity contribution in [3.8, 4) is 0 Å². The lowest BCUT2D eigenvalue weighted by molar-refractivity contribution is 0.534. The third-order valence-corrected chi connectivity index (χ3v) is 1.46. The van der Waals surface area contributed by atoms with Crippen molar-refractivity contribution in [2.75, 3.05) is 26.2 Å². The normalized spacial score (nSPS) is 17.4. The Balaban J connectivity index is 0.000000180. The molecule has 2 N–H and O–H groups in total. The molecule has 0 aromatic carbocycles. The maximum absolute atomic E-state index is 3.22. The van der Waals surface area contributed by atoms with Crippen molar-refractivity contribution in [2.24, 2.45) is 0 Å². The first kappa shape index (κ1) is 9.92. The number of piperazine rings is 1. The summed E-state index contributed by atoms with van der Waals surface area (Å²) in [5, 5.41) is 6.44. The molecular weight excluding hydrogens is 124 g/mol. The van der Waals surface area contributed by atoms with Gasteiger partial charge in [-0.05, 0) is 0 Å². The zero-order chi connectivity index (χ0) is 7.66. The molecule has 0 aliphatic carbocycles. The molecule has 0 atom stereocenters. The standard InChI is InChI=1S/C4H10N2.C4H10/c1-2-6-4-3-5-1;1-3-4-2/h5-6H,1-4H2;3-4H2,1-2H3. The minimum absolute atomic E-state index is 1.14. The molecule has 1 rings (SSSR count). The summed E-state index contributed by atoms with van der Waals surface area (Å²) in [5.41, 5.74) is 0. The molecule has 2 heteroatoms. The van der Waals surface area contributed by atoms with Gasteiger partial charge in [0.1, 0.15) is 0 Å². The van der Waals surface area contributed by atoms with Crippen molar-refractivity contribution in [1.82, 2.24) is 10.6 Å². The van der Waals surface area contributed by atoms with Gasteiger partial charge in [0.2, 0.25) is 0 Å². The maximum Gasteiger partial charge on any atom is 0.00772 e. The van der Waals surface area contributed by atoms with Crippen LogP contribution in [0.5, 0.6) is 0 Å². The molecule has 1 aliphatic heterocycles. The summed E-state index contributed by atoms with van der Waals surface area (Å²) in [5.74, 6) is 0. The Labute approximate surface area is 64.4 Å². The molecule has 0 amide bonds. The van der Waals surface area contributed by atoms with Crippen molar-refractivity contribution in [3.05, 3.63) is 0 Å². The van der Waals surface area contributed by atoms with Gasteiger partial charge in [-0.25, -0.2) is 0 Å². The summed E-state index contributed by atoms with van der Waals surface area (Å²) in [6.45, 7) is 8.92. The SMILES string of the molecule is C1CNCCN1.CCCC. The van der Waals surface area contributed by atoms with Crippen molar-refractivity contribution in [3.63, 3.8) is 0 Å². The molecule has 0 radical (unpaired) electrons. The van der Waals surface area contributed by atoms with Crippen LogP contribution < -0.4 is 10.6 Å². The number of hydrogen-bond acceptors (Lipinski definition) is 2. The Hall–Kier alpha value is -0.0800. The van der Waals surface area contributed by atoms with Gasteiger partial charge in [-0.3, -0.25) is 0 Å². The van der Waals surface area contributed by atoms with E-state index >= 15 is 0 Å². The van der Waals surface area contributed by atoms with Crippen LogP contribution in [0.3, 0.4) is 0 Å². The van der Waals surface area contributed by atoms with Crippen molar-refractivity contribution < 1.29 is 0 Å². The molecule has 1 saturated heterocycles. The highest BCUT2D eigenvalue weighted by molar-refractivity contribution is 4.59. The van der Waals surface area contributed by atoms with Crippen molar-refractivity contribution in [1.29, 1.82) is 0 Å². The molecule has 1 aliphatic rings. The molecule has 1 heterocycles. The van der Waals surface area contributed by atoms with Gasteiger partial charge in [-0.15, -0.1) is 0 Å². The summed E-state index contributed by atoms with van der Waals surface area (Å²) in [7, 11) is 0. The van der Waals surface area contributed by atoms with E-state index < -0.39 is 0 Å². The second-order valence-corrected chi connectivity index (χ2v) is 2.50. The monoisotopic (exact) mass is 144 g/mol. The molecule has 0 spiro atoms. The van der Waals surface area contributed by atoms with Crippen LogP contribution in [0.15, 0.2) is 0 Å². The minimum atomic E-state index is 1.14. The Morgan fingerprint density at radius 3 is 1.20 bits per heavy atom. The van der Waals surface area contributed by atoms with Crippen molar-refractivity contribution in [2.45, 2.75) is 26.7 Å². The van der Waals surface area contributed by atoms with E-state index in [1.807, 2.05) is 0 Å². The fourth-order valence-electron chi connectivity index (χ4n) is 0.604. The Kier molecular flexibility index (Phi) is 8.85. The fraction of sp³-hybridized carbons (Fsp3) is 1.00. The number of unbranched alkanes of at least 4 members (excludes halogenated alkanes) is 1. The molecule has 0 unspecified atom stereocenters. The van der Waals surface area contributed by atoms with Gasteiger partial charge in [0, 0.05) is 26.2 Å². The molecule has 1 fully saturated rings. The van der Waals surface area contributed by atoms with E-state index in [0.717, 1.165) is 26.2 Å². The lowest BCUT2D eigenvalue weighted by Crippen LogP contribution is -2.39. The quantitative estimate of drug-likeness (QED) is 0.573.